The zero-order chi connectivity index (χ0) is 5.91. The fourth-order valence-corrected chi connectivity index (χ4v) is 0.258. The minimum absolute atomic E-state index is 0.966. The van der Waals surface area contributed by atoms with E-state index in [1.54, 1.807) is 0 Å². The van der Waals surface area contributed by atoms with Crippen LogP contribution >= 0.6 is 0 Å². The number of rotatable bonds is 2. The molecule has 1 N–H and O–H groups in total. The lowest BCUT2D eigenvalue weighted by Crippen LogP contribution is -2.00. The Morgan fingerprint density at radius 3 is 2.00 bits per heavy atom. The molecule has 0 amide bonds. The zero-order valence-electron chi connectivity index (χ0n) is 3.49. The molecule has 7 heavy (non-hydrogen) atoms. The Labute approximate surface area is 40.7 Å². The third-order valence-electron chi connectivity index (χ3n) is 0.154. The normalized spacial score (nSPS) is 11.7. The summed E-state index contributed by atoms with van der Waals surface area (Å²) in [6.45, 7) is 0. The first-order valence-electron chi connectivity index (χ1n) is 1.26. The summed E-state index contributed by atoms with van der Waals surface area (Å²) in [4.78, 5) is 3.57. The molecular weight excluding hydrogens is 124 g/mol. The third kappa shape index (κ3) is 5.83. The van der Waals surface area contributed by atoms with Crippen LogP contribution in [-0.4, -0.2) is 20.1 Å². The molecule has 5 nitrogen and oxygen atoms in total. The fourth-order valence-electron chi connectivity index (χ4n) is 0.0860. The highest BCUT2D eigenvalue weighted by molar-refractivity contribution is 7.80. The first-order valence-corrected chi connectivity index (χ1v) is 2.62. The van der Waals surface area contributed by atoms with E-state index >= 15 is 0 Å². The monoisotopic (exact) mass is 128 g/mol. The first-order chi connectivity index (χ1) is 3.06. The van der Waals surface area contributed by atoms with Crippen LogP contribution in [0.3, 0.4) is 0 Å². The van der Waals surface area contributed by atoms with Gasteiger partial charge < -0.3 is 0 Å². The molecule has 0 spiro atoms. The molecule has 0 aromatic carbocycles. The van der Waals surface area contributed by atoms with Crippen LogP contribution in [0, 0.1) is 0 Å². The summed E-state index contributed by atoms with van der Waals surface area (Å²) < 4.78 is 29.8. The Morgan fingerprint density at radius 1 is 1.57 bits per heavy atom. The Balaban J connectivity index is 3.60. The van der Waals surface area contributed by atoms with Crippen molar-refractivity contribution in [2.24, 2.45) is 0 Å². The van der Waals surface area contributed by atoms with Gasteiger partial charge in [0.15, 0.2) is 0 Å². The summed E-state index contributed by atoms with van der Waals surface area (Å²) in [7, 11) is -3.43. The quantitative estimate of drug-likeness (QED) is 0.304. The van der Waals surface area contributed by atoms with Gasteiger partial charge in [-0.1, -0.05) is 4.33 Å². The lowest BCUT2D eigenvalue weighted by atomic mass is 11.8. The smallest absolute Gasteiger partial charge is 0.262 e. The van der Waals surface area contributed by atoms with Gasteiger partial charge in [0.05, 0.1) is 7.11 Å². The van der Waals surface area contributed by atoms with Crippen LogP contribution < -0.4 is 0 Å². The SMILES string of the molecule is COOS(=O)(=O)O. The van der Waals surface area contributed by atoms with Crippen LogP contribution in [0.1, 0.15) is 0 Å². The minimum atomic E-state index is -4.40. The van der Waals surface area contributed by atoms with Crippen LogP contribution in [0.15, 0.2) is 0 Å². The standard InChI is InChI=1S/CH4O5S/c1-5-6-7(2,3)4/h1H3,(H,2,3,4). The first kappa shape index (κ1) is 6.83. The molecule has 0 aliphatic heterocycles. The summed E-state index contributed by atoms with van der Waals surface area (Å²) in [5.41, 5.74) is 0. The molecular formula is CH4O5S. The van der Waals surface area contributed by atoms with Crippen molar-refractivity contribution in [3.63, 3.8) is 0 Å². The summed E-state index contributed by atoms with van der Waals surface area (Å²) in [6, 6.07) is 0. The van der Waals surface area contributed by atoms with E-state index in [0.29, 0.717) is 0 Å². The Morgan fingerprint density at radius 2 is 2.00 bits per heavy atom. The third-order valence-corrected chi connectivity index (χ3v) is 0.462. The van der Waals surface area contributed by atoms with Crippen molar-refractivity contribution in [3.05, 3.63) is 0 Å². The molecule has 0 rings (SSSR count). The van der Waals surface area contributed by atoms with Gasteiger partial charge in [-0.15, -0.1) is 0 Å². The van der Waals surface area contributed by atoms with E-state index in [9.17, 15) is 8.42 Å². The molecule has 0 saturated heterocycles. The molecule has 0 heterocycles. The van der Waals surface area contributed by atoms with Gasteiger partial charge in [0, 0.05) is 0 Å². The summed E-state index contributed by atoms with van der Waals surface area (Å²) in [6.07, 6.45) is 0. The predicted octanol–water partition coefficient (Wildman–Crippen LogP) is -0.633. The predicted molar refractivity (Wildman–Crippen MR) is 19.6 cm³/mol. The van der Waals surface area contributed by atoms with Gasteiger partial charge in [0.2, 0.25) is 0 Å². The molecule has 0 atom stereocenters. The summed E-state index contributed by atoms with van der Waals surface area (Å²) in [5.74, 6) is 0. The highest BCUT2D eigenvalue weighted by Gasteiger charge is 2.00. The highest BCUT2D eigenvalue weighted by Crippen LogP contribution is 1.81. The molecule has 0 aliphatic rings. The van der Waals surface area contributed by atoms with Crippen molar-refractivity contribution in [2.45, 2.75) is 0 Å². The topological polar surface area (TPSA) is 72.8 Å². The summed E-state index contributed by atoms with van der Waals surface area (Å²) in [5, 5.41) is 0. The van der Waals surface area contributed by atoms with E-state index in [1.807, 2.05) is 0 Å². The fraction of sp³-hybridized carbons (Fsp3) is 1.00. The maximum Gasteiger partial charge on any atom is 0.424 e. The van der Waals surface area contributed by atoms with Crippen LogP contribution in [0.2, 0.25) is 0 Å². The van der Waals surface area contributed by atoms with E-state index < -0.39 is 10.4 Å². The second-order valence-corrected chi connectivity index (χ2v) is 1.65. The molecule has 0 radical (unpaired) electrons. The lowest BCUT2D eigenvalue weighted by molar-refractivity contribution is -0.179. The van der Waals surface area contributed by atoms with Gasteiger partial charge in [-0.3, -0.25) is 4.55 Å². The van der Waals surface area contributed by atoms with E-state index in [2.05, 4.69) is 9.22 Å². The maximum absolute atomic E-state index is 9.44. The largest absolute Gasteiger partial charge is 0.424 e. The molecule has 0 unspecified atom stereocenters. The van der Waals surface area contributed by atoms with Gasteiger partial charge in [0.25, 0.3) is 0 Å². The average molecular weight is 128 g/mol. The Bertz CT molecular complexity index is 121. The lowest BCUT2D eigenvalue weighted by Gasteiger charge is -1.87. The van der Waals surface area contributed by atoms with Gasteiger partial charge >= 0.3 is 10.4 Å². The molecule has 6 heteroatoms. The molecule has 0 bridgehead atoms. The minimum Gasteiger partial charge on any atom is -0.262 e. The van der Waals surface area contributed by atoms with E-state index in [0.717, 1.165) is 7.11 Å². The van der Waals surface area contributed by atoms with E-state index in [-0.39, 0.29) is 0 Å². The zero-order valence-corrected chi connectivity index (χ0v) is 4.30. The molecule has 0 fully saturated rings. The molecule has 44 valence electrons. The average Bonchev–Trinajstić information content (AvgIpc) is 1.30. The molecule has 0 saturated carbocycles. The Hall–Kier alpha value is -0.170. The van der Waals surface area contributed by atoms with Crippen molar-refractivity contribution in [1.29, 1.82) is 0 Å². The van der Waals surface area contributed by atoms with Gasteiger partial charge in [-0.05, 0) is 0 Å². The number of hydrogen-bond acceptors (Lipinski definition) is 4. The van der Waals surface area contributed by atoms with Crippen molar-refractivity contribution in [2.75, 3.05) is 7.11 Å². The van der Waals surface area contributed by atoms with Gasteiger partial charge in [-0.25, -0.2) is 4.89 Å². The highest BCUT2D eigenvalue weighted by atomic mass is 32.3. The van der Waals surface area contributed by atoms with E-state index in [4.69, 9.17) is 4.55 Å². The second-order valence-electron chi connectivity index (χ2n) is 0.662. The van der Waals surface area contributed by atoms with Crippen LogP contribution in [-0.2, 0) is 19.6 Å². The number of hydrogen-bond donors (Lipinski definition) is 1. The van der Waals surface area contributed by atoms with Crippen molar-refractivity contribution in [3.8, 4) is 0 Å². The van der Waals surface area contributed by atoms with Crippen molar-refractivity contribution in [1.82, 2.24) is 0 Å². The van der Waals surface area contributed by atoms with Crippen LogP contribution in [0.25, 0.3) is 0 Å². The summed E-state index contributed by atoms with van der Waals surface area (Å²) >= 11 is 0. The van der Waals surface area contributed by atoms with Crippen LogP contribution in [0.4, 0.5) is 0 Å². The second kappa shape index (κ2) is 2.22. The van der Waals surface area contributed by atoms with E-state index in [1.165, 1.54) is 0 Å². The molecule has 0 aliphatic carbocycles. The Kier molecular flexibility index (Phi) is 2.16. The van der Waals surface area contributed by atoms with Gasteiger partial charge in [0.1, 0.15) is 0 Å². The maximum atomic E-state index is 9.44. The van der Waals surface area contributed by atoms with Crippen molar-refractivity contribution >= 4 is 10.4 Å². The van der Waals surface area contributed by atoms with Crippen LogP contribution in [0.5, 0.6) is 0 Å². The molecule has 0 aromatic rings. The molecule has 0 aromatic heterocycles. The van der Waals surface area contributed by atoms with Crippen molar-refractivity contribution < 1.29 is 22.2 Å². The van der Waals surface area contributed by atoms with Gasteiger partial charge in [-0.2, -0.15) is 8.42 Å².